The highest BCUT2D eigenvalue weighted by Crippen LogP contribution is 2.26. The summed E-state index contributed by atoms with van der Waals surface area (Å²) in [5.74, 6) is 2.58. The summed E-state index contributed by atoms with van der Waals surface area (Å²) in [6, 6.07) is 9.35. The van der Waals surface area contributed by atoms with Crippen LogP contribution >= 0.6 is 0 Å². The third-order valence-electron chi connectivity index (χ3n) is 4.74. The molecule has 0 aliphatic rings. The largest absolute Gasteiger partial charge is 0.484 e. The zero-order valence-electron chi connectivity index (χ0n) is 19.3. The normalized spacial score (nSPS) is 13.5. The first-order valence-electron chi connectivity index (χ1n) is 10.4. The average Bonchev–Trinajstić information content (AvgIpc) is 3.07. The molecule has 1 aromatic carbocycles. The van der Waals surface area contributed by atoms with E-state index in [0.717, 1.165) is 16.9 Å². The Hall–Kier alpha value is -3.00. The van der Waals surface area contributed by atoms with Gasteiger partial charge in [-0.25, -0.2) is 4.99 Å². The number of rotatable bonds is 9. The van der Waals surface area contributed by atoms with E-state index >= 15 is 0 Å². The van der Waals surface area contributed by atoms with Crippen LogP contribution in [0, 0.1) is 13.8 Å². The predicted octanol–water partition coefficient (Wildman–Crippen LogP) is 2.33. The van der Waals surface area contributed by atoms with E-state index in [1.165, 1.54) is 4.90 Å². The molecule has 1 amide bonds. The molecule has 1 heterocycles. The van der Waals surface area contributed by atoms with Gasteiger partial charge in [0.2, 0.25) is 0 Å². The lowest BCUT2D eigenvalue weighted by Crippen LogP contribution is -2.44. The number of hydrogen-bond acceptors (Lipinski definition) is 5. The van der Waals surface area contributed by atoms with Crippen LogP contribution in [0.25, 0.3) is 0 Å². The molecule has 0 saturated carbocycles. The number of amides is 1. The van der Waals surface area contributed by atoms with Gasteiger partial charge >= 0.3 is 0 Å². The van der Waals surface area contributed by atoms with Crippen molar-refractivity contribution >= 4 is 11.9 Å². The lowest BCUT2D eigenvalue weighted by atomic mass is 9.96. The summed E-state index contributed by atoms with van der Waals surface area (Å²) < 4.78 is 11.1. The maximum Gasteiger partial charge on any atom is 0.259 e. The molecule has 3 N–H and O–H groups in total. The molecular formula is C23H34N4O4. The van der Waals surface area contributed by atoms with Gasteiger partial charge in [0.25, 0.3) is 5.91 Å². The molecule has 0 bridgehead atoms. The molecule has 170 valence electrons. The number of benzene rings is 1. The third kappa shape index (κ3) is 7.32. The minimum absolute atomic E-state index is 0.00803. The first-order valence-corrected chi connectivity index (χ1v) is 10.4. The Morgan fingerprint density at radius 3 is 2.61 bits per heavy atom. The zero-order chi connectivity index (χ0) is 23.0. The molecule has 1 atom stereocenters. The Balaban J connectivity index is 2.01. The summed E-state index contributed by atoms with van der Waals surface area (Å²) in [6.07, 6.45) is 0. The van der Waals surface area contributed by atoms with Crippen molar-refractivity contribution in [1.82, 2.24) is 15.5 Å². The summed E-state index contributed by atoms with van der Waals surface area (Å²) in [5, 5.41) is 17.3. The van der Waals surface area contributed by atoms with Crippen LogP contribution in [0.4, 0.5) is 0 Å². The Bertz CT molecular complexity index is 903. The number of hydrogen-bond donors (Lipinski definition) is 3. The van der Waals surface area contributed by atoms with Gasteiger partial charge < -0.3 is 29.8 Å². The highest BCUT2D eigenvalue weighted by Gasteiger charge is 2.27. The van der Waals surface area contributed by atoms with Crippen molar-refractivity contribution in [3.63, 3.8) is 0 Å². The van der Waals surface area contributed by atoms with Crippen LogP contribution in [-0.4, -0.2) is 55.7 Å². The topological polar surface area (TPSA) is 99.3 Å². The van der Waals surface area contributed by atoms with Gasteiger partial charge in [0, 0.05) is 26.2 Å². The van der Waals surface area contributed by atoms with Gasteiger partial charge in [-0.2, -0.15) is 0 Å². The van der Waals surface area contributed by atoms with Crippen LogP contribution < -0.4 is 15.4 Å². The highest BCUT2D eigenvalue weighted by atomic mass is 16.5. The smallest absolute Gasteiger partial charge is 0.259 e. The van der Waals surface area contributed by atoms with Gasteiger partial charge in [-0.3, -0.25) is 4.79 Å². The third-order valence-corrected chi connectivity index (χ3v) is 4.74. The van der Waals surface area contributed by atoms with Gasteiger partial charge in [0.05, 0.1) is 13.1 Å². The van der Waals surface area contributed by atoms with E-state index in [-0.39, 0.29) is 19.1 Å². The maximum atomic E-state index is 11.7. The number of nitrogens with one attached hydrogen (secondary N) is 2. The number of nitrogens with zero attached hydrogens (tertiary/aromatic N) is 2. The summed E-state index contributed by atoms with van der Waals surface area (Å²) in [5.41, 5.74) is 0.593. The van der Waals surface area contributed by atoms with E-state index in [1.54, 1.807) is 21.0 Å². The summed E-state index contributed by atoms with van der Waals surface area (Å²) in [4.78, 5) is 17.8. The summed E-state index contributed by atoms with van der Waals surface area (Å²) in [6.45, 7) is 8.80. The second-order valence-electron chi connectivity index (χ2n) is 7.87. The number of furan rings is 1. The van der Waals surface area contributed by atoms with Crippen LogP contribution in [0.15, 0.2) is 39.7 Å². The van der Waals surface area contributed by atoms with Crippen LogP contribution in [0.1, 0.15) is 36.5 Å². The van der Waals surface area contributed by atoms with E-state index in [9.17, 15) is 9.90 Å². The van der Waals surface area contributed by atoms with E-state index in [2.05, 4.69) is 15.6 Å². The molecule has 0 aliphatic carbocycles. The van der Waals surface area contributed by atoms with Gasteiger partial charge in [-0.15, -0.1) is 0 Å². The number of carbonyl (C=O) groups excluding carboxylic acids is 1. The SMILES string of the molecule is CCNC(=NCc1cccc(OCC(=O)N(C)C)c1)NCC(C)(O)c1cc(C)oc1C. The molecule has 8 nitrogen and oxygen atoms in total. The van der Waals surface area contributed by atoms with Gasteiger partial charge in [0.1, 0.15) is 22.9 Å². The van der Waals surface area contributed by atoms with E-state index < -0.39 is 5.60 Å². The minimum Gasteiger partial charge on any atom is -0.484 e. The quantitative estimate of drug-likeness (QED) is 0.417. The molecule has 2 aromatic rings. The second kappa shape index (κ2) is 10.9. The lowest BCUT2D eigenvalue weighted by molar-refractivity contribution is -0.130. The van der Waals surface area contributed by atoms with Crippen molar-refractivity contribution in [3.05, 3.63) is 53.0 Å². The van der Waals surface area contributed by atoms with Crippen LogP contribution in [-0.2, 0) is 16.9 Å². The molecule has 1 unspecified atom stereocenters. The molecule has 0 fully saturated rings. The van der Waals surface area contributed by atoms with E-state index in [0.29, 0.717) is 30.6 Å². The summed E-state index contributed by atoms with van der Waals surface area (Å²) in [7, 11) is 3.39. The van der Waals surface area contributed by atoms with Crippen LogP contribution in [0.2, 0.25) is 0 Å². The number of likely N-dealkylation sites (N-methyl/N-ethyl adjacent to an activating group) is 1. The lowest BCUT2D eigenvalue weighted by Gasteiger charge is -2.24. The fraction of sp³-hybridized carbons (Fsp3) is 0.478. The minimum atomic E-state index is -1.11. The Morgan fingerprint density at radius 1 is 1.26 bits per heavy atom. The number of ether oxygens (including phenoxy) is 1. The number of guanidine groups is 1. The Labute approximate surface area is 184 Å². The van der Waals surface area contributed by atoms with E-state index in [1.807, 2.05) is 51.1 Å². The molecule has 0 saturated heterocycles. The summed E-state index contributed by atoms with van der Waals surface area (Å²) >= 11 is 0. The highest BCUT2D eigenvalue weighted by molar-refractivity contribution is 5.80. The Kier molecular flexibility index (Phi) is 8.50. The zero-order valence-corrected chi connectivity index (χ0v) is 19.3. The van der Waals surface area contributed by atoms with Gasteiger partial charge in [0.15, 0.2) is 12.6 Å². The van der Waals surface area contributed by atoms with Crippen molar-refractivity contribution in [3.8, 4) is 5.75 Å². The molecule has 0 aliphatic heterocycles. The van der Waals surface area contributed by atoms with Crippen molar-refractivity contribution in [1.29, 1.82) is 0 Å². The van der Waals surface area contributed by atoms with E-state index in [4.69, 9.17) is 9.15 Å². The molecule has 0 spiro atoms. The second-order valence-corrected chi connectivity index (χ2v) is 7.87. The number of aliphatic hydroxyl groups is 1. The van der Waals surface area contributed by atoms with Gasteiger partial charge in [-0.05, 0) is 51.5 Å². The number of carbonyl (C=O) groups is 1. The monoisotopic (exact) mass is 430 g/mol. The van der Waals surface area contributed by atoms with Crippen LogP contribution in [0.3, 0.4) is 0 Å². The molecule has 1 aromatic heterocycles. The molecular weight excluding hydrogens is 396 g/mol. The van der Waals surface area contributed by atoms with Crippen molar-refractivity contribution in [2.75, 3.05) is 33.8 Å². The molecule has 2 rings (SSSR count). The van der Waals surface area contributed by atoms with Crippen molar-refractivity contribution in [2.45, 2.75) is 39.8 Å². The number of aryl methyl sites for hydroxylation is 2. The fourth-order valence-corrected chi connectivity index (χ4v) is 3.04. The maximum absolute atomic E-state index is 11.7. The van der Waals surface area contributed by atoms with Gasteiger partial charge in [-0.1, -0.05) is 12.1 Å². The molecule has 31 heavy (non-hydrogen) atoms. The van der Waals surface area contributed by atoms with Crippen molar-refractivity contribution < 1.29 is 19.1 Å². The predicted molar refractivity (Wildman–Crippen MR) is 121 cm³/mol. The van der Waals surface area contributed by atoms with Crippen molar-refractivity contribution in [2.24, 2.45) is 4.99 Å². The van der Waals surface area contributed by atoms with Crippen LogP contribution in [0.5, 0.6) is 5.75 Å². The molecule has 0 radical (unpaired) electrons. The first-order chi connectivity index (χ1) is 14.6. The average molecular weight is 431 g/mol. The fourth-order valence-electron chi connectivity index (χ4n) is 3.04. The standard InChI is InChI=1S/C23H34N4O4/c1-7-24-22(26-15-23(4,29)20-11-16(2)31-17(20)3)25-13-18-9-8-10-19(12-18)30-14-21(28)27(5)6/h8-12,29H,7,13-15H2,1-6H3,(H2,24,25,26). The number of aliphatic imine (C=N–C) groups is 1. The molecule has 8 heteroatoms. The Morgan fingerprint density at radius 2 is 2.00 bits per heavy atom. The first kappa shape index (κ1) is 24.3.